The van der Waals surface area contributed by atoms with Gasteiger partial charge >= 0.3 is 15.5 Å². The molecule has 0 saturated heterocycles. The van der Waals surface area contributed by atoms with E-state index >= 15 is 0 Å². The zero-order chi connectivity index (χ0) is 24.5. The van der Waals surface area contributed by atoms with Gasteiger partial charge in [-0.1, -0.05) is 19.1 Å². The van der Waals surface area contributed by atoms with Crippen LogP contribution in [0.4, 0.5) is 18.9 Å². The van der Waals surface area contributed by atoms with Gasteiger partial charge in [0.1, 0.15) is 17.9 Å². The second-order valence-corrected chi connectivity index (χ2v) is 10.2. The first-order chi connectivity index (χ1) is 16.1. The number of nitrogens with zero attached hydrogens (tertiary/aromatic N) is 5. The fourth-order valence-electron chi connectivity index (χ4n) is 4.25. The number of aromatic nitrogens is 2. The summed E-state index contributed by atoms with van der Waals surface area (Å²) in [5.41, 5.74) is -2.21. The molecule has 0 N–H and O–H groups in total. The quantitative estimate of drug-likeness (QED) is 0.547. The molecule has 8 nitrogen and oxygen atoms in total. The number of rotatable bonds is 7. The third kappa shape index (κ3) is 4.68. The number of aryl methyl sites for hydroxylation is 3. The molecule has 0 aliphatic carbocycles. The number of fused-ring (bicyclic) bond motifs is 1. The molecular weight excluding hydrogens is 471 g/mol. The van der Waals surface area contributed by atoms with Crippen molar-refractivity contribution in [1.82, 2.24) is 13.9 Å². The van der Waals surface area contributed by atoms with Crippen LogP contribution in [-0.4, -0.2) is 53.0 Å². The number of benzene rings is 1. The largest absolute Gasteiger partial charge is 0.516 e. The van der Waals surface area contributed by atoms with Crippen LogP contribution in [-0.2, 0) is 35.8 Å². The van der Waals surface area contributed by atoms with Crippen molar-refractivity contribution in [2.45, 2.75) is 57.5 Å². The maximum atomic E-state index is 13.0. The van der Waals surface area contributed by atoms with Crippen LogP contribution in [0.3, 0.4) is 0 Å². The van der Waals surface area contributed by atoms with Gasteiger partial charge in [-0.2, -0.15) is 26.7 Å². The molecule has 0 radical (unpaired) electrons. The van der Waals surface area contributed by atoms with Crippen molar-refractivity contribution in [3.63, 3.8) is 0 Å². The average molecular weight is 498 g/mol. The topological polar surface area (TPSA) is 87.9 Å². The highest BCUT2D eigenvalue weighted by molar-refractivity contribution is 7.90. The predicted molar refractivity (Wildman–Crippen MR) is 121 cm³/mol. The van der Waals surface area contributed by atoms with E-state index in [1.807, 2.05) is 19.1 Å². The number of anilines is 1. The van der Waals surface area contributed by atoms with E-state index < -0.39 is 15.5 Å². The van der Waals surface area contributed by atoms with Crippen molar-refractivity contribution in [1.29, 1.82) is 0 Å². The van der Waals surface area contributed by atoms with Crippen LogP contribution in [0, 0.1) is 0 Å². The highest BCUT2D eigenvalue weighted by Gasteiger charge is 2.50. The van der Waals surface area contributed by atoms with Crippen LogP contribution in [0.1, 0.15) is 53.8 Å². The van der Waals surface area contributed by atoms with Crippen LogP contribution in [0.25, 0.3) is 0 Å². The summed E-state index contributed by atoms with van der Waals surface area (Å²) in [5.74, 6) is 1.08. The Morgan fingerprint density at radius 1 is 1.09 bits per heavy atom. The maximum Gasteiger partial charge on any atom is 0.516 e. The molecule has 1 aromatic carbocycles. The van der Waals surface area contributed by atoms with Crippen molar-refractivity contribution in [2.24, 2.45) is 5.10 Å². The van der Waals surface area contributed by atoms with Crippen molar-refractivity contribution in [3.8, 4) is 0 Å². The van der Waals surface area contributed by atoms with E-state index in [0.29, 0.717) is 31.3 Å². The number of hydrogen-bond donors (Lipinski definition) is 0. The standard InChI is InChI=1S/C22H26F3N5O3S/c1-2-18-21(29-12-4-3-5-20(29)27-18)19(31)11-8-16-6-9-17(10-7-16)30-14-13-28(15-26-30)34(32,33)22(23,24)25/h6-7,9-10,15H,2-5,8,11-14H2,1H3. The summed E-state index contributed by atoms with van der Waals surface area (Å²) in [4.78, 5) is 17.7. The lowest BCUT2D eigenvalue weighted by Gasteiger charge is -2.29. The Balaban J connectivity index is 1.39. The van der Waals surface area contributed by atoms with E-state index in [1.54, 1.807) is 12.1 Å². The number of hydrazone groups is 1. The molecule has 184 valence electrons. The normalized spacial score (nSPS) is 16.6. The molecule has 0 atom stereocenters. The Bertz CT molecular complexity index is 1190. The SMILES string of the molecule is CCc1nc2n(c1C(=O)CCc1ccc(N3CCN(S(=O)(=O)C(F)(F)F)C=N3)cc1)CCCC2. The number of halogens is 3. The number of hydrogen-bond acceptors (Lipinski definition) is 6. The number of carbonyl (C=O) groups is 1. The van der Waals surface area contributed by atoms with Gasteiger partial charge in [0.25, 0.3) is 0 Å². The van der Waals surface area contributed by atoms with E-state index in [-0.39, 0.29) is 23.2 Å². The van der Waals surface area contributed by atoms with Gasteiger partial charge in [0, 0.05) is 19.4 Å². The molecule has 2 aromatic rings. The summed E-state index contributed by atoms with van der Waals surface area (Å²) in [6.45, 7) is 2.45. The predicted octanol–water partition coefficient (Wildman–Crippen LogP) is 3.51. The smallest absolute Gasteiger partial charge is 0.325 e. The van der Waals surface area contributed by atoms with Gasteiger partial charge in [-0.3, -0.25) is 9.80 Å². The van der Waals surface area contributed by atoms with Crippen LogP contribution >= 0.6 is 0 Å². The van der Waals surface area contributed by atoms with Gasteiger partial charge in [0.15, 0.2) is 5.78 Å². The molecule has 0 unspecified atom stereocenters. The van der Waals surface area contributed by atoms with Gasteiger partial charge in [-0.15, -0.1) is 0 Å². The Morgan fingerprint density at radius 3 is 2.44 bits per heavy atom. The lowest BCUT2D eigenvalue weighted by molar-refractivity contribution is -0.0471. The Labute approximate surface area is 196 Å². The minimum Gasteiger partial charge on any atom is -0.325 e. The van der Waals surface area contributed by atoms with Crippen molar-refractivity contribution >= 4 is 27.8 Å². The van der Waals surface area contributed by atoms with Crippen LogP contribution in [0.5, 0.6) is 0 Å². The summed E-state index contributed by atoms with van der Waals surface area (Å²) in [5, 5.41) is 5.28. The highest BCUT2D eigenvalue weighted by atomic mass is 32.2. The number of carbonyl (C=O) groups excluding carboxylic acids is 1. The van der Waals surface area contributed by atoms with Crippen LogP contribution < -0.4 is 5.01 Å². The molecule has 0 saturated carbocycles. The summed E-state index contributed by atoms with van der Waals surface area (Å²) in [6, 6.07) is 7.18. The first-order valence-electron chi connectivity index (χ1n) is 11.2. The lowest BCUT2D eigenvalue weighted by Crippen LogP contribution is -2.46. The van der Waals surface area contributed by atoms with E-state index in [4.69, 9.17) is 0 Å². The molecule has 4 rings (SSSR count). The number of Topliss-reactive ketones (excluding diaryl/α,β-unsaturated/α-hetero) is 1. The molecule has 1 aromatic heterocycles. The minimum atomic E-state index is -5.44. The zero-order valence-corrected chi connectivity index (χ0v) is 19.6. The monoisotopic (exact) mass is 497 g/mol. The fourth-order valence-corrected chi connectivity index (χ4v) is 5.00. The van der Waals surface area contributed by atoms with E-state index in [0.717, 1.165) is 48.6 Å². The fraction of sp³-hybridized carbons (Fsp3) is 0.500. The first-order valence-corrected chi connectivity index (χ1v) is 12.7. The molecule has 0 fully saturated rings. The highest BCUT2D eigenvalue weighted by Crippen LogP contribution is 2.28. The molecule has 2 aliphatic heterocycles. The van der Waals surface area contributed by atoms with Crippen molar-refractivity contribution in [3.05, 3.63) is 47.0 Å². The Hall–Kier alpha value is -2.89. The number of ketones is 1. The number of sulfonamides is 1. The maximum absolute atomic E-state index is 13.0. The summed E-state index contributed by atoms with van der Waals surface area (Å²) in [7, 11) is -5.44. The van der Waals surface area contributed by atoms with Crippen molar-refractivity contribution in [2.75, 3.05) is 18.1 Å². The third-order valence-electron chi connectivity index (χ3n) is 6.08. The second kappa shape index (κ2) is 9.40. The second-order valence-electron chi connectivity index (χ2n) is 8.29. The first kappa shape index (κ1) is 24.2. The molecule has 3 heterocycles. The Morgan fingerprint density at radius 2 is 1.82 bits per heavy atom. The minimum absolute atomic E-state index is 0.0181. The van der Waals surface area contributed by atoms with Gasteiger partial charge in [0.05, 0.1) is 24.5 Å². The van der Waals surface area contributed by atoms with Crippen molar-refractivity contribution < 1.29 is 26.4 Å². The zero-order valence-electron chi connectivity index (χ0n) is 18.8. The van der Waals surface area contributed by atoms with E-state index in [2.05, 4.69) is 14.7 Å². The molecule has 0 bridgehead atoms. The van der Waals surface area contributed by atoms with Gasteiger partial charge in [-0.05, 0) is 43.4 Å². The lowest BCUT2D eigenvalue weighted by atomic mass is 10.0. The molecule has 34 heavy (non-hydrogen) atoms. The van der Waals surface area contributed by atoms with Crippen LogP contribution in [0.15, 0.2) is 29.4 Å². The van der Waals surface area contributed by atoms with Gasteiger partial charge in [-0.25, -0.2) is 9.29 Å². The molecule has 0 spiro atoms. The summed E-state index contributed by atoms with van der Waals surface area (Å²) < 4.78 is 63.3. The summed E-state index contributed by atoms with van der Waals surface area (Å²) in [6.07, 6.45) is 5.34. The number of imidazole rings is 1. The average Bonchev–Trinajstić information content (AvgIpc) is 3.21. The third-order valence-corrected chi connectivity index (χ3v) is 7.56. The molecule has 12 heteroatoms. The number of alkyl halides is 3. The van der Waals surface area contributed by atoms with Crippen LogP contribution in [0.2, 0.25) is 0 Å². The van der Waals surface area contributed by atoms with Gasteiger partial charge < -0.3 is 4.57 Å². The van der Waals surface area contributed by atoms with E-state index in [9.17, 15) is 26.4 Å². The summed E-state index contributed by atoms with van der Waals surface area (Å²) >= 11 is 0. The van der Waals surface area contributed by atoms with E-state index in [1.165, 1.54) is 5.01 Å². The molecule has 0 amide bonds. The Kier molecular flexibility index (Phi) is 6.70. The molecule has 2 aliphatic rings. The molecular formula is C22H26F3N5O3S. The van der Waals surface area contributed by atoms with Gasteiger partial charge in [0.2, 0.25) is 0 Å².